The van der Waals surface area contributed by atoms with Crippen LogP contribution < -0.4 is 5.32 Å². The topological polar surface area (TPSA) is 63.2 Å². The van der Waals surface area contributed by atoms with Gasteiger partial charge in [-0.05, 0) is 24.0 Å². The average Bonchev–Trinajstić information content (AvgIpc) is 3.54. The maximum absolute atomic E-state index is 13.0. The number of anilines is 1. The normalized spacial score (nSPS) is 19.6. The molecule has 1 amide bonds. The highest BCUT2D eigenvalue weighted by molar-refractivity contribution is 6.30. The Morgan fingerprint density at radius 2 is 1.39 bits per heavy atom. The van der Waals surface area contributed by atoms with Crippen LogP contribution >= 0.6 is 0 Å². The third kappa shape index (κ3) is 2.57. The first-order chi connectivity index (χ1) is 13.6. The van der Waals surface area contributed by atoms with Gasteiger partial charge in [-0.15, -0.1) is 0 Å². The lowest BCUT2D eigenvalue weighted by Crippen LogP contribution is -2.24. The Kier molecular flexibility index (Phi) is 3.72. The molecule has 1 N–H and O–H groups in total. The molecule has 3 aromatic rings. The molecule has 0 radical (unpaired) electrons. The van der Waals surface area contributed by atoms with E-state index in [1.54, 1.807) is 42.5 Å². The number of ketones is 2. The summed E-state index contributed by atoms with van der Waals surface area (Å²) < 4.78 is 0. The smallest absolute Gasteiger partial charge is 0.228 e. The first kappa shape index (κ1) is 16.6. The van der Waals surface area contributed by atoms with Crippen molar-refractivity contribution >= 4 is 23.2 Å². The molecule has 0 unspecified atom stereocenters. The number of carbonyl (C=O) groups excluding carboxylic acids is 3. The Bertz CT molecular complexity index is 1130. The predicted octanol–water partition coefficient (Wildman–Crippen LogP) is 4.20. The van der Waals surface area contributed by atoms with Gasteiger partial charge in [-0.1, -0.05) is 66.7 Å². The minimum absolute atomic E-state index is 0.110. The molecule has 0 saturated heterocycles. The second-order valence-electron chi connectivity index (χ2n) is 7.28. The second-order valence-corrected chi connectivity index (χ2v) is 7.28. The van der Waals surface area contributed by atoms with E-state index in [1.165, 1.54) is 0 Å². The van der Waals surface area contributed by atoms with Gasteiger partial charge in [0.15, 0.2) is 11.6 Å². The molecule has 3 aromatic carbocycles. The first-order valence-corrected chi connectivity index (χ1v) is 9.32. The van der Waals surface area contributed by atoms with Gasteiger partial charge in [0.2, 0.25) is 5.91 Å². The number of benzene rings is 3. The number of hydrogen-bond acceptors (Lipinski definition) is 3. The maximum Gasteiger partial charge on any atom is 0.228 e. The molecule has 0 spiro atoms. The van der Waals surface area contributed by atoms with Crippen LogP contribution in [0, 0.1) is 5.92 Å². The summed E-state index contributed by atoms with van der Waals surface area (Å²) >= 11 is 0. The molecule has 28 heavy (non-hydrogen) atoms. The highest BCUT2D eigenvalue weighted by Crippen LogP contribution is 2.48. The van der Waals surface area contributed by atoms with Crippen LogP contribution in [0.1, 0.15) is 49.7 Å². The van der Waals surface area contributed by atoms with E-state index in [9.17, 15) is 14.4 Å². The lowest BCUT2D eigenvalue weighted by molar-refractivity contribution is -0.117. The Hall–Kier alpha value is -3.53. The summed E-state index contributed by atoms with van der Waals surface area (Å²) in [5.41, 5.74) is 2.99. The van der Waals surface area contributed by atoms with Crippen LogP contribution in [-0.4, -0.2) is 17.5 Å². The van der Waals surface area contributed by atoms with Crippen LogP contribution in [-0.2, 0) is 4.79 Å². The van der Waals surface area contributed by atoms with E-state index >= 15 is 0 Å². The molecule has 5 rings (SSSR count). The van der Waals surface area contributed by atoms with Gasteiger partial charge in [-0.25, -0.2) is 0 Å². The highest BCUT2D eigenvalue weighted by Gasteiger charge is 2.44. The molecule has 1 saturated carbocycles. The van der Waals surface area contributed by atoms with Crippen LogP contribution in [0.4, 0.5) is 5.69 Å². The molecule has 0 heterocycles. The number of amides is 1. The van der Waals surface area contributed by atoms with Crippen molar-refractivity contribution in [1.29, 1.82) is 0 Å². The fraction of sp³-hybridized carbons (Fsp3) is 0.125. The van der Waals surface area contributed by atoms with Crippen molar-refractivity contribution in [2.75, 3.05) is 5.32 Å². The Labute approximate surface area is 162 Å². The number of hydrogen-bond donors (Lipinski definition) is 1. The summed E-state index contributed by atoms with van der Waals surface area (Å²) in [7, 11) is 0. The average molecular weight is 367 g/mol. The zero-order valence-corrected chi connectivity index (χ0v) is 15.0. The van der Waals surface area contributed by atoms with Gasteiger partial charge in [0.1, 0.15) is 0 Å². The van der Waals surface area contributed by atoms with Gasteiger partial charge >= 0.3 is 0 Å². The lowest BCUT2D eigenvalue weighted by Gasteiger charge is -2.20. The fourth-order valence-electron chi connectivity index (χ4n) is 4.03. The molecule has 136 valence electrons. The molecule has 0 aromatic heterocycles. The van der Waals surface area contributed by atoms with Crippen LogP contribution in [0.5, 0.6) is 0 Å². The SMILES string of the molecule is O=C1c2ccccc2C(=O)c2c(NC(=O)[C@H]3C[C@H]3c3ccccc3)cccc21. The first-order valence-electron chi connectivity index (χ1n) is 9.32. The summed E-state index contributed by atoms with van der Waals surface area (Å²) in [4.78, 5) is 38.6. The van der Waals surface area contributed by atoms with Gasteiger partial charge in [0.05, 0.1) is 11.3 Å². The summed E-state index contributed by atoms with van der Waals surface area (Å²) in [5.74, 6) is -0.425. The summed E-state index contributed by atoms with van der Waals surface area (Å²) in [5, 5.41) is 2.90. The van der Waals surface area contributed by atoms with Crippen molar-refractivity contribution in [2.24, 2.45) is 5.92 Å². The molecule has 4 nitrogen and oxygen atoms in total. The minimum atomic E-state index is -0.225. The number of carbonyl (C=O) groups is 3. The van der Waals surface area contributed by atoms with E-state index in [2.05, 4.69) is 5.32 Å². The summed E-state index contributed by atoms with van der Waals surface area (Å²) in [6.07, 6.45) is 0.792. The van der Waals surface area contributed by atoms with Gasteiger partial charge in [-0.3, -0.25) is 14.4 Å². The maximum atomic E-state index is 13.0. The van der Waals surface area contributed by atoms with E-state index in [1.807, 2.05) is 30.3 Å². The second kappa shape index (κ2) is 6.27. The largest absolute Gasteiger partial charge is 0.325 e. The number of fused-ring (bicyclic) bond motifs is 2. The van der Waals surface area contributed by atoms with E-state index in [4.69, 9.17) is 0 Å². The molecule has 1 fully saturated rings. The molecule has 0 aliphatic heterocycles. The highest BCUT2D eigenvalue weighted by atomic mass is 16.2. The standard InChI is InChI=1S/C24H17NO3/c26-22-15-9-4-5-10-16(15)23(27)21-17(22)11-6-12-20(21)25-24(28)19-13-18(19)14-7-2-1-3-8-14/h1-12,18-19H,13H2,(H,25,28)/t18-,19-/m0/s1. The summed E-state index contributed by atoms with van der Waals surface area (Å²) in [6, 6.07) is 21.8. The molecule has 2 aliphatic carbocycles. The van der Waals surface area contributed by atoms with E-state index in [0.29, 0.717) is 22.4 Å². The number of nitrogens with one attached hydrogen (secondary N) is 1. The zero-order valence-electron chi connectivity index (χ0n) is 15.0. The Balaban J connectivity index is 1.44. The molecule has 0 bridgehead atoms. The van der Waals surface area contributed by atoms with Gasteiger partial charge in [0, 0.05) is 22.6 Å². The van der Waals surface area contributed by atoms with Gasteiger partial charge < -0.3 is 5.32 Å². The van der Waals surface area contributed by atoms with Crippen molar-refractivity contribution < 1.29 is 14.4 Å². The third-order valence-corrected chi connectivity index (χ3v) is 5.57. The van der Waals surface area contributed by atoms with Crippen molar-refractivity contribution in [3.05, 3.63) is 101 Å². The van der Waals surface area contributed by atoms with E-state index in [-0.39, 0.29) is 34.9 Å². The van der Waals surface area contributed by atoms with E-state index < -0.39 is 0 Å². The van der Waals surface area contributed by atoms with Crippen molar-refractivity contribution in [3.8, 4) is 0 Å². The zero-order chi connectivity index (χ0) is 19.3. The van der Waals surface area contributed by atoms with Gasteiger partial charge in [-0.2, -0.15) is 0 Å². The monoisotopic (exact) mass is 367 g/mol. The fourth-order valence-corrected chi connectivity index (χ4v) is 4.03. The minimum Gasteiger partial charge on any atom is -0.325 e. The Morgan fingerprint density at radius 1 is 0.750 bits per heavy atom. The van der Waals surface area contributed by atoms with Gasteiger partial charge in [0.25, 0.3) is 0 Å². The van der Waals surface area contributed by atoms with Crippen LogP contribution in [0.25, 0.3) is 0 Å². The Morgan fingerprint density at radius 3 is 2.14 bits per heavy atom. The third-order valence-electron chi connectivity index (χ3n) is 5.57. The summed E-state index contributed by atoms with van der Waals surface area (Å²) in [6.45, 7) is 0. The quantitative estimate of drug-likeness (QED) is 0.590. The van der Waals surface area contributed by atoms with Crippen LogP contribution in [0.15, 0.2) is 72.8 Å². The molecule has 2 atom stereocenters. The van der Waals surface area contributed by atoms with Crippen molar-refractivity contribution in [1.82, 2.24) is 0 Å². The molecule has 4 heteroatoms. The number of rotatable bonds is 3. The van der Waals surface area contributed by atoms with Crippen LogP contribution in [0.2, 0.25) is 0 Å². The lowest BCUT2D eigenvalue weighted by atomic mass is 9.83. The predicted molar refractivity (Wildman–Crippen MR) is 106 cm³/mol. The molecule has 2 aliphatic rings. The molecular weight excluding hydrogens is 350 g/mol. The van der Waals surface area contributed by atoms with Crippen molar-refractivity contribution in [2.45, 2.75) is 12.3 Å². The molecular formula is C24H17NO3. The van der Waals surface area contributed by atoms with E-state index in [0.717, 1.165) is 12.0 Å². The van der Waals surface area contributed by atoms with Crippen LogP contribution in [0.3, 0.4) is 0 Å². The van der Waals surface area contributed by atoms with Crippen molar-refractivity contribution in [3.63, 3.8) is 0 Å².